The van der Waals surface area contributed by atoms with Gasteiger partial charge in [0.15, 0.2) is 0 Å². The molecule has 1 aromatic rings. The summed E-state index contributed by atoms with van der Waals surface area (Å²) in [5.41, 5.74) is 7.42. The van der Waals surface area contributed by atoms with Crippen LogP contribution in [0.25, 0.3) is 0 Å². The number of likely N-dealkylation sites (tertiary alicyclic amines) is 1. The summed E-state index contributed by atoms with van der Waals surface area (Å²) in [6.07, 6.45) is 4.03. The van der Waals surface area contributed by atoms with Gasteiger partial charge in [0, 0.05) is 18.0 Å². The van der Waals surface area contributed by atoms with Gasteiger partial charge in [0.25, 0.3) is 0 Å². The van der Waals surface area contributed by atoms with Crippen molar-refractivity contribution in [3.8, 4) is 0 Å². The minimum Gasteiger partial charge on any atom is -0.329 e. The number of aryl methyl sites for hydroxylation is 1. The Morgan fingerprint density at radius 2 is 2.41 bits per heavy atom. The number of nitrogens with two attached hydrogens (primary N) is 1. The van der Waals surface area contributed by atoms with Crippen LogP contribution in [0.15, 0.2) is 11.4 Å². The van der Waals surface area contributed by atoms with Gasteiger partial charge >= 0.3 is 0 Å². The molecule has 17 heavy (non-hydrogen) atoms. The Kier molecular flexibility index (Phi) is 4.60. The summed E-state index contributed by atoms with van der Waals surface area (Å²) >= 11 is 1.86. The fourth-order valence-corrected chi connectivity index (χ4v) is 3.94. The Morgan fingerprint density at radius 1 is 1.59 bits per heavy atom. The smallest absolute Gasteiger partial charge is 0.0567 e. The Balaban J connectivity index is 2.10. The first-order valence-corrected chi connectivity index (χ1v) is 7.62. The molecular weight excluding hydrogens is 228 g/mol. The lowest BCUT2D eigenvalue weighted by Gasteiger charge is -2.37. The van der Waals surface area contributed by atoms with Crippen molar-refractivity contribution in [3.05, 3.63) is 21.9 Å². The van der Waals surface area contributed by atoms with E-state index in [0.29, 0.717) is 6.04 Å². The van der Waals surface area contributed by atoms with E-state index in [-0.39, 0.29) is 0 Å². The monoisotopic (exact) mass is 252 g/mol. The molecule has 2 heterocycles. The average Bonchev–Trinajstić information content (AvgIpc) is 2.77. The Morgan fingerprint density at radius 3 is 3.00 bits per heavy atom. The second-order valence-electron chi connectivity index (χ2n) is 5.13. The van der Waals surface area contributed by atoms with Crippen molar-refractivity contribution in [3.63, 3.8) is 0 Å². The van der Waals surface area contributed by atoms with Gasteiger partial charge in [0.2, 0.25) is 0 Å². The lowest BCUT2D eigenvalue weighted by Crippen LogP contribution is -2.40. The van der Waals surface area contributed by atoms with Crippen LogP contribution in [0.4, 0.5) is 0 Å². The second-order valence-corrected chi connectivity index (χ2v) is 6.08. The number of hydrogen-bond acceptors (Lipinski definition) is 3. The number of piperidine rings is 1. The molecule has 0 aliphatic carbocycles. The fraction of sp³-hybridized carbons (Fsp3) is 0.714. The highest BCUT2D eigenvalue weighted by molar-refractivity contribution is 7.10. The third kappa shape index (κ3) is 2.90. The summed E-state index contributed by atoms with van der Waals surface area (Å²) in [5, 5.41) is 2.19. The van der Waals surface area contributed by atoms with E-state index in [1.165, 1.54) is 42.8 Å². The molecular formula is C14H24N2S. The SMILES string of the molecule is CCC1CCCN(C(CN)c2sccc2C)C1. The second kappa shape index (κ2) is 5.98. The lowest BCUT2D eigenvalue weighted by molar-refractivity contribution is 0.125. The van der Waals surface area contributed by atoms with Gasteiger partial charge in [-0.2, -0.15) is 0 Å². The zero-order valence-electron chi connectivity index (χ0n) is 11.0. The van der Waals surface area contributed by atoms with Gasteiger partial charge in [0.05, 0.1) is 6.04 Å². The standard InChI is InChI=1S/C14H24N2S/c1-3-12-5-4-7-16(10-12)13(9-15)14-11(2)6-8-17-14/h6,8,12-13H,3-5,7,9-10,15H2,1-2H3. The normalized spacial score (nSPS) is 23.8. The lowest BCUT2D eigenvalue weighted by atomic mass is 9.94. The van der Waals surface area contributed by atoms with E-state index in [1.54, 1.807) is 0 Å². The molecule has 0 amide bonds. The highest BCUT2D eigenvalue weighted by Crippen LogP contribution is 2.31. The zero-order valence-corrected chi connectivity index (χ0v) is 11.8. The van der Waals surface area contributed by atoms with Gasteiger partial charge in [0.1, 0.15) is 0 Å². The Hall–Kier alpha value is -0.380. The van der Waals surface area contributed by atoms with Crippen LogP contribution in [-0.2, 0) is 0 Å². The molecule has 0 bridgehead atoms. The molecule has 1 aliphatic heterocycles. The van der Waals surface area contributed by atoms with Crippen LogP contribution in [0.2, 0.25) is 0 Å². The van der Waals surface area contributed by atoms with E-state index < -0.39 is 0 Å². The summed E-state index contributed by atoms with van der Waals surface area (Å²) in [6, 6.07) is 2.66. The highest BCUT2D eigenvalue weighted by Gasteiger charge is 2.26. The maximum absolute atomic E-state index is 6.02. The molecule has 0 saturated carbocycles. The zero-order chi connectivity index (χ0) is 12.3. The highest BCUT2D eigenvalue weighted by atomic mass is 32.1. The first-order valence-electron chi connectivity index (χ1n) is 6.74. The van der Waals surface area contributed by atoms with Crippen LogP contribution < -0.4 is 5.73 Å². The van der Waals surface area contributed by atoms with Gasteiger partial charge in [-0.05, 0) is 49.2 Å². The van der Waals surface area contributed by atoms with Crippen LogP contribution in [0, 0.1) is 12.8 Å². The first-order chi connectivity index (χ1) is 8.26. The van der Waals surface area contributed by atoms with Crippen molar-refractivity contribution < 1.29 is 0 Å². The average molecular weight is 252 g/mol. The first kappa shape index (κ1) is 13.1. The van der Waals surface area contributed by atoms with E-state index in [9.17, 15) is 0 Å². The molecule has 1 aliphatic rings. The van der Waals surface area contributed by atoms with Crippen molar-refractivity contribution in [2.75, 3.05) is 19.6 Å². The molecule has 2 unspecified atom stereocenters. The third-order valence-electron chi connectivity index (χ3n) is 4.00. The molecule has 0 spiro atoms. The summed E-state index contributed by atoms with van der Waals surface area (Å²) in [5.74, 6) is 0.873. The molecule has 2 nitrogen and oxygen atoms in total. The molecule has 0 aromatic carbocycles. The van der Waals surface area contributed by atoms with E-state index in [1.807, 2.05) is 11.3 Å². The number of nitrogens with zero attached hydrogens (tertiary/aromatic N) is 1. The molecule has 0 radical (unpaired) electrons. The minimum absolute atomic E-state index is 0.448. The largest absolute Gasteiger partial charge is 0.329 e. The van der Waals surface area contributed by atoms with Crippen LogP contribution in [0.3, 0.4) is 0 Å². The van der Waals surface area contributed by atoms with E-state index in [0.717, 1.165) is 12.5 Å². The van der Waals surface area contributed by atoms with E-state index in [4.69, 9.17) is 5.73 Å². The van der Waals surface area contributed by atoms with Crippen molar-refractivity contribution >= 4 is 11.3 Å². The predicted octanol–water partition coefficient (Wildman–Crippen LogP) is 3.18. The Labute approximate surface area is 109 Å². The Bertz CT molecular complexity index is 348. The maximum atomic E-state index is 6.02. The molecule has 1 fully saturated rings. The van der Waals surface area contributed by atoms with Gasteiger partial charge in [-0.15, -0.1) is 11.3 Å². The molecule has 1 aromatic heterocycles. The molecule has 96 valence electrons. The minimum atomic E-state index is 0.448. The van der Waals surface area contributed by atoms with Crippen molar-refractivity contribution in [2.45, 2.75) is 39.2 Å². The summed E-state index contributed by atoms with van der Waals surface area (Å²) in [7, 11) is 0. The molecule has 2 atom stereocenters. The van der Waals surface area contributed by atoms with Crippen molar-refractivity contribution in [1.29, 1.82) is 0 Å². The molecule has 2 rings (SSSR count). The van der Waals surface area contributed by atoms with Crippen molar-refractivity contribution in [2.24, 2.45) is 11.7 Å². The third-order valence-corrected chi connectivity index (χ3v) is 5.12. The van der Waals surface area contributed by atoms with Gasteiger partial charge in [-0.3, -0.25) is 4.90 Å². The summed E-state index contributed by atoms with van der Waals surface area (Å²) in [4.78, 5) is 4.08. The van der Waals surface area contributed by atoms with Gasteiger partial charge in [-0.25, -0.2) is 0 Å². The van der Waals surface area contributed by atoms with E-state index in [2.05, 4.69) is 30.2 Å². The summed E-state index contributed by atoms with van der Waals surface area (Å²) < 4.78 is 0. The molecule has 2 N–H and O–H groups in total. The van der Waals surface area contributed by atoms with Gasteiger partial charge < -0.3 is 5.73 Å². The number of thiophene rings is 1. The molecule has 1 saturated heterocycles. The quantitative estimate of drug-likeness (QED) is 0.892. The number of hydrogen-bond donors (Lipinski definition) is 1. The van der Waals surface area contributed by atoms with E-state index >= 15 is 0 Å². The topological polar surface area (TPSA) is 29.3 Å². The maximum Gasteiger partial charge on any atom is 0.0567 e. The van der Waals surface area contributed by atoms with Crippen LogP contribution in [0.1, 0.15) is 42.7 Å². The van der Waals surface area contributed by atoms with Gasteiger partial charge in [-0.1, -0.05) is 13.3 Å². The summed E-state index contributed by atoms with van der Waals surface area (Å²) in [6.45, 7) is 7.71. The fourth-order valence-electron chi connectivity index (χ4n) is 2.86. The number of rotatable bonds is 4. The van der Waals surface area contributed by atoms with Crippen LogP contribution in [0.5, 0.6) is 0 Å². The van der Waals surface area contributed by atoms with Crippen LogP contribution in [-0.4, -0.2) is 24.5 Å². The predicted molar refractivity (Wildman–Crippen MR) is 75.4 cm³/mol. The molecule has 3 heteroatoms. The van der Waals surface area contributed by atoms with Crippen molar-refractivity contribution in [1.82, 2.24) is 4.90 Å². The van der Waals surface area contributed by atoms with Crippen LogP contribution >= 0.6 is 11.3 Å².